The Morgan fingerprint density at radius 1 is 1.16 bits per heavy atom. The Labute approximate surface area is 112 Å². The standard InChI is InChI=1S/C14H17N5/c1-11-14(17-8-7-15-11)18-12-5-9-19(10-12)13-4-2-3-6-16-13/h2-4,6-8,12H,5,9-10H2,1H3,(H,17,18). The number of hydrogen-bond acceptors (Lipinski definition) is 5. The van der Waals surface area contributed by atoms with Crippen LogP contribution in [0.1, 0.15) is 12.1 Å². The maximum Gasteiger partial charge on any atom is 0.147 e. The highest BCUT2D eigenvalue weighted by Crippen LogP contribution is 2.20. The third-order valence-electron chi connectivity index (χ3n) is 3.38. The SMILES string of the molecule is Cc1nccnc1NC1CCN(c2ccccn2)C1. The van der Waals surface area contributed by atoms with Crippen molar-refractivity contribution in [2.45, 2.75) is 19.4 Å². The van der Waals surface area contributed by atoms with E-state index in [1.807, 2.05) is 25.3 Å². The van der Waals surface area contributed by atoms with Gasteiger partial charge in [0.05, 0.1) is 5.69 Å². The second-order valence-corrected chi connectivity index (χ2v) is 4.75. The fourth-order valence-corrected chi connectivity index (χ4v) is 2.37. The van der Waals surface area contributed by atoms with Gasteiger partial charge >= 0.3 is 0 Å². The molecule has 3 rings (SSSR count). The van der Waals surface area contributed by atoms with Gasteiger partial charge in [-0.15, -0.1) is 0 Å². The van der Waals surface area contributed by atoms with E-state index in [1.165, 1.54) is 0 Å². The van der Waals surface area contributed by atoms with Gasteiger partial charge in [0.15, 0.2) is 0 Å². The summed E-state index contributed by atoms with van der Waals surface area (Å²) in [5, 5.41) is 3.47. The van der Waals surface area contributed by atoms with Gasteiger partial charge < -0.3 is 10.2 Å². The average Bonchev–Trinajstić information content (AvgIpc) is 2.91. The Balaban J connectivity index is 1.65. The molecule has 1 aliphatic rings. The minimum absolute atomic E-state index is 0.400. The predicted molar refractivity (Wildman–Crippen MR) is 75.2 cm³/mol. The highest BCUT2D eigenvalue weighted by Gasteiger charge is 2.23. The Morgan fingerprint density at radius 2 is 2.05 bits per heavy atom. The summed E-state index contributed by atoms with van der Waals surface area (Å²) in [5.74, 6) is 1.93. The van der Waals surface area contributed by atoms with E-state index < -0.39 is 0 Å². The maximum absolute atomic E-state index is 4.39. The van der Waals surface area contributed by atoms with E-state index in [0.29, 0.717) is 6.04 Å². The van der Waals surface area contributed by atoms with Crippen molar-refractivity contribution in [3.8, 4) is 0 Å². The molecule has 1 N–H and O–H groups in total. The molecule has 19 heavy (non-hydrogen) atoms. The van der Waals surface area contributed by atoms with Gasteiger partial charge in [0.25, 0.3) is 0 Å². The predicted octanol–water partition coefficient (Wildman–Crippen LogP) is 1.87. The van der Waals surface area contributed by atoms with Crippen molar-refractivity contribution < 1.29 is 0 Å². The third-order valence-corrected chi connectivity index (χ3v) is 3.38. The average molecular weight is 255 g/mol. The second kappa shape index (κ2) is 5.22. The Bertz CT molecular complexity index is 543. The number of nitrogens with zero attached hydrogens (tertiary/aromatic N) is 4. The molecule has 1 unspecified atom stereocenters. The Hall–Kier alpha value is -2.17. The largest absolute Gasteiger partial charge is 0.364 e. The molecule has 0 spiro atoms. The van der Waals surface area contributed by atoms with Crippen LogP contribution in [0.15, 0.2) is 36.8 Å². The molecule has 3 heterocycles. The highest BCUT2D eigenvalue weighted by atomic mass is 15.2. The lowest BCUT2D eigenvalue weighted by Crippen LogP contribution is -2.27. The summed E-state index contributed by atoms with van der Waals surface area (Å²) in [6, 6.07) is 6.42. The number of anilines is 2. The van der Waals surface area contributed by atoms with Gasteiger partial charge in [0.1, 0.15) is 11.6 Å². The maximum atomic E-state index is 4.39. The first-order valence-electron chi connectivity index (χ1n) is 6.53. The molecular weight excluding hydrogens is 238 g/mol. The molecule has 0 aromatic carbocycles. The third kappa shape index (κ3) is 2.65. The van der Waals surface area contributed by atoms with Gasteiger partial charge in [-0.1, -0.05) is 6.07 Å². The normalized spacial score (nSPS) is 18.6. The van der Waals surface area contributed by atoms with Crippen LogP contribution in [0.3, 0.4) is 0 Å². The van der Waals surface area contributed by atoms with E-state index in [2.05, 4.69) is 31.2 Å². The van der Waals surface area contributed by atoms with Crippen molar-refractivity contribution in [1.82, 2.24) is 15.0 Å². The molecule has 0 amide bonds. The quantitative estimate of drug-likeness (QED) is 0.907. The molecule has 1 fully saturated rings. The van der Waals surface area contributed by atoms with Crippen molar-refractivity contribution in [2.24, 2.45) is 0 Å². The lowest BCUT2D eigenvalue weighted by molar-refractivity contribution is 0.795. The van der Waals surface area contributed by atoms with Crippen LogP contribution in [0, 0.1) is 6.92 Å². The van der Waals surface area contributed by atoms with Crippen LogP contribution in [-0.2, 0) is 0 Å². The molecule has 5 nitrogen and oxygen atoms in total. The molecule has 2 aromatic rings. The van der Waals surface area contributed by atoms with E-state index in [9.17, 15) is 0 Å². The van der Waals surface area contributed by atoms with E-state index >= 15 is 0 Å². The number of hydrogen-bond donors (Lipinski definition) is 1. The van der Waals surface area contributed by atoms with Crippen LogP contribution in [0.2, 0.25) is 0 Å². The summed E-state index contributed by atoms with van der Waals surface area (Å²) >= 11 is 0. The topological polar surface area (TPSA) is 53.9 Å². The molecule has 5 heteroatoms. The summed E-state index contributed by atoms with van der Waals surface area (Å²) in [7, 11) is 0. The second-order valence-electron chi connectivity index (χ2n) is 4.75. The van der Waals surface area contributed by atoms with Gasteiger partial charge in [-0.05, 0) is 25.5 Å². The van der Waals surface area contributed by atoms with Crippen molar-refractivity contribution in [3.05, 3.63) is 42.5 Å². The van der Waals surface area contributed by atoms with Crippen molar-refractivity contribution in [3.63, 3.8) is 0 Å². The van der Waals surface area contributed by atoms with Crippen LogP contribution >= 0.6 is 0 Å². The van der Waals surface area contributed by atoms with Crippen LogP contribution in [0.4, 0.5) is 11.6 Å². The smallest absolute Gasteiger partial charge is 0.147 e. The molecule has 98 valence electrons. The fraction of sp³-hybridized carbons (Fsp3) is 0.357. The van der Waals surface area contributed by atoms with Gasteiger partial charge in [-0.3, -0.25) is 4.98 Å². The number of pyridine rings is 1. The molecule has 2 aromatic heterocycles. The molecule has 1 aliphatic heterocycles. The molecule has 0 bridgehead atoms. The summed E-state index contributed by atoms with van der Waals surface area (Å²) in [6.07, 6.45) is 6.37. The van der Waals surface area contributed by atoms with Crippen molar-refractivity contribution in [1.29, 1.82) is 0 Å². The number of aryl methyl sites for hydroxylation is 1. The molecule has 0 saturated carbocycles. The fourth-order valence-electron chi connectivity index (χ4n) is 2.37. The number of nitrogens with one attached hydrogen (secondary N) is 1. The summed E-state index contributed by atoms with van der Waals surface area (Å²) < 4.78 is 0. The van der Waals surface area contributed by atoms with Gasteiger partial charge in [0.2, 0.25) is 0 Å². The lowest BCUT2D eigenvalue weighted by atomic mass is 10.2. The zero-order valence-electron chi connectivity index (χ0n) is 11.0. The molecular formula is C14H17N5. The zero-order chi connectivity index (χ0) is 13.1. The van der Waals surface area contributed by atoms with E-state index in [0.717, 1.165) is 36.8 Å². The van der Waals surface area contributed by atoms with E-state index in [1.54, 1.807) is 12.4 Å². The first-order chi connectivity index (χ1) is 9.33. The minimum atomic E-state index is 0.400. The Morgan fingerprint density at radius 3 is 2.84 bits per heavy atom. The van der Waals surface area contributed by atoms with Crippen LogP contribution in [0.25, 0.3) is 0 Å². The van der Waals surface area contributed by atoms with E-state index in [4.69, 9.17) is 0 Å². The summed E-state index contributed by atoms with van der Waals surface area (Å²) in [4.78, 5) is 15.3. The van der Waals surface area contributed by atoms with Gasteiger partial charge in [-0.25, -0.2) is 9.97 Å². The monoisotopic (exact) mass is 255 g/mol. The van der Waals surface area contributed by atoms with Crippen molar-refractivity contribution >= 4 is 11.6 Å². The molecule has 1 atom stereocenters. The van der Waals surface area contributed by atoms with Gasteiger partial charge in [-0.2, -0.15) is 0 Å². The van der Waals surface area contributed by atoms with Crippen LogP contribution in [0.5, 0.6) is 0 Å². The summed E-state index contributed by atoms with van der Waals surface area (Å²) in [6.45, 7) is 3.95. The first kappa shape index (κ1) is 11.9. The number of rotatable bonds is 3. The molecule has 0 aliphatic carbocycles. The van der Waals surface area contributed by atoms with Crippen LogP contribution < -0.4 is 10.2 Å². The first-order valence-corrected chi connectivity index (χ1v) is 6.53. The number of aromatic nitrogens is 3. The minimum Gasteiger partial charge on any atom is -0.364 e. The highest BCUT2D eigenvalue weighted by molar-refractivity contribution is 5.44. The molecule has 1 saturated heterocycles. The molecule has 0 radical (unpaired) electrons. The van der Waals surface area contributed by atoms with Gasteiger partial charge in [0, 0.05) is 37.7 Å². The lowest BCUT2D eigenvalue weighted by Gasteiger charge is -2.18. The van der Waals surface area contributed by atoms with E-state index in [-0.39, 0.29) is 0 Å². The van der Waals surface area contributed by atoms with Crippen molar-refractivity contribution in [2.75, 3.05) is 23.3 Å². The summed E-state index contributed by atoms with van der Waals surface area (Å²) in [5.41, 5.74) is 0.943. The Kier molecular flexibility index (Phi) is 3.27. The zero-order valence-corrected chi connectivity index (χ0v) is 11.0. The van der Waals surface area contributed by atoms with Crippen LogP contribution in [-0.4, -0.2) is 34.1 Å².